The number of β-lactam (4-membered cyclic amide) rings is 1. The molecule has 0 saturated carbocycles. The summed E-state index contributed by atoms with van der Waals surface area (Å²) in [4.78, 5) is 23.8. The molecule has 1 saturated heterocycles. The number of benzene rings is 1. The van der Waals surface area contributed by atoms with Gasteiger partial charge in [-0.2, -0.15) is 0 Å². The van der Waals surface area contributed by atoms with Crippen molar-refractivity contribution in [2.45, 2.75) is 31.7 Å². The van der Waals surface area contributed by atoms with Crippen molar-refractivity contribution in [3.8, 4) is 5.75 Å². The summed E-state index contributed by atoms with van der Waals surface area (Å²) >= 11 is 0. The Labute approximate surface area is 130 Å². The summed E-state index contributed by atoms with van der Waals surface area (Å²) in [5.74, 6) is 0.173. The Balaban J connectivity index is 1.67. The zero-order valence-corrected chi connectivity index (χ0v) is 12.5. The van der Waals surface area contributed by atoms with E-state index in [0.717, 1.165) is 12.2 Å². The number of carbonyl (C=O) groups is 2. The van der Waals surface area contributed by atoms with E-state index < -0.39 is 5.97 Å². The highest BCUT2D eigenvalue weighted by atomic mass is 16.5. The second-order valence-electron chi connectivity index (χ2n) is 5.29. The summed E-state index contributed by atoms with van der Waals surface area (Å²) in [6.45, 7) is 1.07. The lowest BCUT2D eigenvalue weighted by atomic mass is 10.0. The van der Waals surface area contributed by atoms with Crippen molar-refractivity contribution in [1.29, 1.82) is 0 Å². The lowest BCUT2D eigenvalue weighted by Crippen LogP contribution is -2.55. The summed E-state index contributed by atoms with van der Waals surface area (Å²) in [5.41, 5.74) is 0. The molecule has 1 aliphatic heterocycles. The number of allylic oxidation sites excluding steroid dienone is 1. The molecule has 0 radical (unpaired) electrons. The van der Waals surface area contributed by atoms with Crippen LogP contribution < -0.4 is 4.74 Å². The number of unbranched alkanes of at least 4 members (excludes halogenated alkanes) is 1. The molecule has 1 aliphatic rings. The van der Waals surface area contributed by atoms with E-state index in [1.54, 1.807) is 4.90 Å². The van der Waals surface area contributed by atoms with E-state index in [0.29, 0.717) is 26.0 Å². The van der Waals surface area contributed by atoms with E-state index in [4.69, 9.17) is 9.84 Å². The smallest absolute Gasteiger partial charge is 0.303 e. The molecule has 1 N–H and O–H groups in total. The number of amides is 1. The number of hydrogen-bond donors (Lipinski definition) is 1. The van der Waals surface area contributed by atoms with Gasteiger partial charge < -0.3 is 14.7 Å². The van der Waals surface area contributed by atoms with Crippen molar-refractivity contribution in [2.75, 3.05) is 13.2 Å². The van der Waals surface area contributed by atoms with Gasteiger partial charge in [0.25, 0.3) is 0 Å². The normalized spacial score (nSPS) is 17.5. The first-order valence-electron chi connectivity index (χ1n) is 7.51. The number of carbonyl (C=O) groups excluding carboxylic acids is 1. The fraction of sp³-hybridized carbons (Fsp3) is 0.412. The molecule has 118 valence electrons. The molecule has 0 aromatic heterocycles. The number of carboxylic acids is 1. The highest BCUT2D eigenvalue weighted by Crippen LogP contribution is 2.20. The maximum absolute atomic E-state index is 11.6. The molecule has 22 heavy (non-hydrogen) atoms. The topological polar surface area (TPSA) is 66.8 Å². The Bertz CT molecular complexity index is 527. The summed E-state index contributed by atoms with van der Waals surface area (Å²) < 4.78 is 5.68. The first-order chi connectivity index (χ1) is 10.7. The SMILES string of the molecule is O=C(O)CCCC=CCN1C(=O)C[C@@H]1COc1ccccc1. The fourth-order valence-corrected chi connectivity index (χ4v) is 2.31. The summed E-state index contributed by atoms with van der Waals surface area (Å²) in [6.07, 6.45) is 5.91. The van der Waals surface area contributed by atoms with Gasteiger partial charge in [0.15, 0.2) is 0 Å². The van der Waals surface area contributed by atoms with Gasteiger partial charge in [0, 0.05) is 13.0 Å². The Hall–Kier alpha value is -2.30. The van der Waals surface area contributed by atoms with E-state index in [-0.39, 0.29) is 18.4 Å². The average Bonchev–Trinajstić information content (AvgIpc) is 2.51. The lowest BCUT2D eigenvalue weighted by Gasteiger charge is -2.39. The first-order valence-corrected chi connectivity index (χ1v) is 7.51. The fourth-order valence-electron chi connectivity index (χ4n) is 2.31. The summed E-state index contributed by atoms with van der Waals surface area (Å²) in [6, 6.07) is 9.68. The standard InChI is InChI=1S/C17H21NO4/c19-16-12-14(13-22-15-8-4-3-5-9-15)18(16)11-7-2-1-6-10-17(20)21/h2-5,7-9,14H,1,6,10-13H2,(H,20,21)/t14-/m1/s1. The van der Waals surface area contributed by atoms with Crippen LogP contribution in [0.3, 0.4) is 0 Å². The van der Waals surface area contributed by atoms with Gasteiger partial charge in [-0.1, -0.05) is 30.4 Å². The Morgan fingerprint density at radius 3 is 2.77 bits per heavy atom. The van der Waals surface area contributed by atoms with E-state index in [1.807, 2.05) is 42.5 Å². The largest absolute Gasteiger partial charge is 0.491 e. The molecule has 0 spiro atoms. The van der Waals surface area contributed by atoms with Gasteiger partial charge in [0.1, 0.15) is 12.4 Å². The van der Waals surface area contributed by atoms with Crippen molar-refractivity contribution in [1.82, 2.24) is 4.90 Å². The first kappa shape index (κ1) is 16.1. The zero-order chi connectivity index (χ0) is 15.8. The van der Waals surface area contributed by atoms with Gasteiger partial charge in [0.05, 0.1) is 12.5 Å². The molecule has 1 aromatic carbocycles. The second kappa shape index (κ2) is 8.22. The van der Waals surface area contributed by atoms with Crippen LogP contribution in [0.5, 0.6) is 5.75 Å². The summed E-state index contributed by atoms with van der Waals surface area (Å²) in [5, 5.41) is 8.54. The van der Waals surface area contributed by atoms with Gasteiger partial charge in [-0.15, -0.1) is 0 Å². The molecule has 1 aromatic rings. The number of likely N-dealkylation sites (tertiary alicyclic amines) is 1. The third-order valence-corrected chi connectivity index (χ3v) is 3.59. The van der Waals surface area contributed by atoms with E-state index in [9.17, 15) is 9.59 Å². The summed E-state index contributed by atoms with van der Waals surface area (Å²) in [7, 11) is 0. The minimum atomic E-state index is -0.774. The maximum atomic E-state index is 11.6. The molecule has 1 amide bonds. The second-order valence-corrected chi connectivity index (χ2v) is 5.29. The molecule has 1 atom stereocenters. The van der Waals surface area contributed by atoms with Crippen LogP contribution in [0.4, 0.5) is 0 Å². The average molecular weight is 303 g/mol. The highest BCUT2D eigenvalue weighted by Gasteiger charge is 2.35. The highest BCUT2D eigenvalue weighted by molar-refractivity contribution is 5.83. The van der Waals surface area contributed by atoms with Crippen LogP contribution in [0, 0.1) is 0 Å². The lowest BCUT2D eigenvalue weighted by molar-refractivity contribution is -0.146. The third-order valence-electron chi connectivity index (χ3n) is 3.59. The maximum Gasteiger partial charge on any atom is 0.303 e. The van der Waals surface area contributed by atoms with Crippen molar-refractivity contribution in [3.63, 3.8) is 0 Å². The van der Waals surface area contributed by atoms with Crippen molar-refractivity contribution in [2.24, 2.45) is 0 Å². The van der Waals surface area contributed by atoms with E-state index in [1.165, 1.54) is 0 Å². The van der Waals surface area contributed by atoms with Crippen LogP contribution in [-0.2, 0) is 9.59 Å². The van der Waals surface area contributed by atoms with Gasteiger partial charge >= 0.3 is 5.97 Å². The monoisotopic (exact) mass is 303 g/mol. The minimum absolute atomic E-state index is 0.122. The van der Waals surface area contributed by atoms with Crippen molar-refractivity contribution >= 4 is 11.9 Å². The molecule has 0 aliphatic carbocycles. The number of aliphatic carboxylic acids is 1. The number of ether oxygens (including phenoxy) is 1. The number of para-hydroxylation sites is 1. The van der Waals surface area contributed by atoms with Crippen LogP contribution in [-0.4, -0.2) is 41.1 Å². The molecule has 1 fully saturated rings. The van der Waals surface area contributed by atoms with Gasteiger partial charge in [-0.3, -0.25) is 9.59 Å². The molecule has 0 bridgehead atoms. The van der Waals surface area contributed by atoms with Crippen LogP contribution in [0.25, 0.3) is 0 Å². The van der Waals surface area contributed by atoms with Crippen LogP contribution in [0.15, 0.2) is 42.5 Å². The Kier molecular flexibility index (Phi) is 6.01. The van der Waals surface area contributed by atoms with Crippen molar-refractivity contribution in [3.05, 3.63) is 42.5 Å². The predicted octanol–water partition coefficient (Wildman–Crippen LogP) is 2.48. The van der Waals surface area contributed by atoms with Crippen LogP contribution in [0.1, 0.15) is 25.7 Å². The molecule has 0 unspecified atom stereocenters. The number of hydrogen-bond acceptors (Lipinski definition) is 3. The third kappa shape index (κ3) is 4.91. The zero-order valence-electron chi connectivity index (χ0n) is 12.5. The Morgan fingerprint density at radius 2 is 2.09 bits per heavy atom. The van der Waals surface area contributed by atoms with Gasteiger partial charge in [-0.05, 0) is 25.0 Å². The number of rotatable bonds is 9. The molecule has 1 heterocycles. The van der Waals surface area contributed by atoms with Gasteiger partial charge in [-0.25, -0.2) is 0 Å². The molecule has 5 nitrogen and oxygen atoms in total. The number of nitrogens with zero attached hydrogens (tertiary/aromatic N) is 1. The molecular formula is C17H21NO4. The van der Waals surface area contributed by atoms with Crippen molar-refractivity contribution < 1.29 is 19.4 Å². The quantitative estimate of drug-likeness (QED) is 0.432. The van der Waals surface area contributed by atoms with Gasteiger partial charge in [0.2, 0.25) is 5.91 Å². The van der Waals surface area contributed by atoms with E-state index >= 15 is 0 Å². The minimum Gasteiger partial charge on any atom is -0.491 e. The van der Waals surface area contributed by atoms with Crippen LogP contribution >= 0.6 is 0 Å². The van der Waals surface area contributed by atoms with E-state index in [2.05, 4.69) is 0 Å². The molecule has 2 rings (SSSR count). The number of carboxylic acid groups (broad SMARTS) is 1. The Morgan fingerprint density at radius 1 is 1.32 bits per heavy atom. The molecular weight excluding hydrogens is 282 g/mol. The van der Waals surface area contributed by atoms with Crippen LogP contribution in [0.2, 0.25) is 0 Å². The predicted molar refractivity (Wildman–Crippen MR) is 82.7 cm³/mol. The molecule has 5 heteroatoms.